The molecule has 0 aliphatic rings. The van der Waals surface area contributed by atoms with E-state index in [0.29, 0.717) is 24.2 Å². The van der Waals surface area contributed by atoms with Crippen molar-refractivity contribution >= 4 is 11.6 Å². The quantitative estimate of drug-likeness (QED) is 0.884. The maximum absolute atomic E-state index is 11.8. The number of carbonyl (C=O) groups excluding carboxylic acids is 1. The van der Waals surface area contributed by atoms with Crippen LogP contribution in [-0.4, -0.2) is 12.5 Å². The number of nitrogens with zero attached hydrogens (tertiary/aromatic N) is 1. The fourth-order valence-corrected chi connectivity index (χ4v) is 2.01. The van der Waals surface area contributed by atoms with Gasteiger partial charge < -0.3 is 10.6 Å². The van der Waals surface area contributed by atoms with Gasteiger partial charge in [-0.2, -0.15) is 5.26 Å². The molecule has 0 saturated carbocycles. The summed E-state index contributed by atoms with van der Waals surface area (Å²) in [5, 5.41) is 15.1. The second-order valence-electron chi connectivity index (χ2n) is 4.56. The van der Waals surface area contributed by atoms with E-state index in [1.54, 1.807) is 18.2 Å². The predicted molar refractivity (Wildman–Crippen MR) is 82.9 cm³/mol. The SMILES string of the molecule is CCNC(=O)c1cccc(NCc2ccccc2C#N)c1. The smallest absolute Gasteiger partial charge is 0.251 e. The topological polar surface area (TPSA) is 64.9 Å². The molecule has 4 nitrogen and oxygen atoms in total. The van der Waals surface area contributed by atoms with Gasteiger partial charge in [0, 0.05) is 24.3 Å². The van der Waals surface area contributed by atoms with Crippen LogP contribution < -0.4 is 10.6 Å². The van der Waals surface area contributed by atoms with E-state index in [1.807, 2.05) is 37.3 Å². The summed E-state index contributed by atoms with van der Waals surface area (Å²) in [6.45, 7) is 3.04. The highest BCUT2D eigenvalue weighted by Gasteiger charge is 2.05. The molecule has 21 heavy (non-hydrogen) atoms. The van der Waals surface area contributed by atoms with Crippen molar-refractivity contribution in [3.63, 3.8) is 0 Å². The highest BCUT2D eigenvalue weighted by Crippen LogP contribution is 2.14. The van der Waals surface area contributed by atoms with Crippen LogP contribution in [0, 0.1) is 11.3 Å². The lowest BCUT2D eigenvalue weighted by molar-refractivity contribution is 0.0956. The second kappa shape index (κ2) is 7.11. The molecule has 0 heterocycles. The van der Waals surface area contributed by atoms with Gasteiger partial charge in [0.2, 0.25) is 0 Å². The number of benzene rings is 2. The number of nitriles is 1. The number of rotatable bonds is 5. The Morgan fingerprint density at radius 1 is 1.19 bits per heavy atom. The van der Waals surface area contributed by atoms with Crippen molar-refractivity contribution < 1.29 is 4.79 Å². The molecule has 0 atom stereocenters. The van der Waals surface area contributed by atoms with E-state index in [-0.39, 0.29) is 5.91 Å². The molecule has 2 rings (SSSR count). The third-order valence-corrected chi connectivity index (χ3v) is 3.08. The molecule has 0 bridgehead atoms. The summed E-state index contributed by atoms with van der Waals surface area (Å²) in [4.78, 5) is 11.8. The number of hydrogen-bond acceptors (Lipinski definition) is 3. The zero-order chi connectivity index (χ0) is 15.1. The Bertz CT molecular complexity index is 674. The van der Waals surface area contributed by atoms with E-state index < -0.39 is 0 Å². The lowest BCUT2D eigenvalue weighted by atomic mass is 10.1. The van der Waals surface area contributed by atoms with Gasteiger partial charge in [0.1, 0.15) is 0 Å². The Balaban J connectivity index is 2.09. The van der Waals surface area contributed by atoms with E-state index in [1.165, 1.54) is 0 Å². The predicted octanol–water partition coefficient (Wildman–Crippen LogP) is 2.92. The third kappa shape index (κ3) is 3.83. The highest BCUT2D eigenvalue weighted by atomic mass is 16.1. The van der Waals surface area contributed by atoms with Gasteiger partial charge >= 0.3 is 0 Å². The van der Waals surface area contributed by atoms with E-state index in [4.69, 9.17) is 5.26 Å². The van der Waals surface area contributed by atoms with Gasteiger partial charge in [-0.05, 0) is 36.8 Å². The summed E-state index contributed by atoms with van der Waals surface area (Å²) in [7, 11) is 0. The molecule has 2 aromatic carbocycles. The minimum Gasteiger partial charge on any atom is -0.381 e. The minimum atomic E-state index is -0.0847. The fourth-order valence-electron chi connectivity index (χ4n) is 2.01. The Morgan fingerprint density at radius 2 is 2.00 bits per heavy atom. The average Bonchev–Trinajstić information content (AvgIpc) is 2.53. The van der Waals surface area contributed by atoms with Gasteiger partial charge in [-0.1, -0.05) is 24.3 Å². The summed E-state index contributed by atoms with van der Waals surface area (Å²) < 4.78 is 0. The Labute approximate surface area is 124 Å². The van der Waals surface area contributed by atoms with Crippen molar-refractivity contribution in [3.05, 3.63) is 65.2 Å². The van der Waals surface area contributed by atoms with E-state index in [0.717, 1.165) is 11.3 Å². The molecule has 0 fully saturated rings. The van der Waals surface area contributed by atoms with E-state index in [9.17, 15) is 4.79 Å². The van der Waals surface area contributed by atoms with Crippen molar-refractivity contribution in [2.75, 3.05) is 11.9 Å². The van der Waals surface area contributed by atoms with Crippen molar-refractivity contribution in [1.82, 2.24) is 5.32 Å². The monoisotopic (exact) mass is 279 g/mol. The Morgan fingerprint density at radius 3 is 2.76 bits per heavy atom. The molecule has 106 valence electrons. The van der Waals surface area contributed by atoms with E-state index in [2.05, 4.69) is 16.7 Å². The summed E-state index contributed by atoms with van der Waals surface area (Å²) >= 11 is 0. The third-order valence-electron chi connectivity index (χ3n) is 3.08. The molecular weight excluding hydrogens is 262 g/mol. The number of amides is 1. The van der Waals surface area contributed by atoms with Crippen LogP contribution >= 0.6 is 0 Å². The molecule has 4 heteroatoms. The molecule has 0 aromatic heterocycles. The van der Waals surface area contributed by atoms with Gasteiger partial charge in [0.15, 0.2) is 0 Å². The summed E-state index contributed by atoms with van der Waals surface area (Å²) in [5.74, 6) is -0.0847. The van der Waals surface area contributed by atoms with Gasteiger partial charge in [0.25, 0.3) is 5.91 Å². The van der Waals surface area contributed by atoms with Crippen LogP contribution in [0.4, 0.5) is 5.69 Å². The summed E-state index contributed by atoms with van der Waals surface area (Å²) in [6.07, 6.45) is 0. The first-order valence-corrected chi connectivity index (χ1v) is 6.84. The number of nitrogens with one attached hydrogen (secondary N) is 2. The van der Waals surface area contributed by atoms with Crippen LogP contribution in [0.5, 0.6) is 0 Å². The lowest BCUT2D eigenvalue weighted by Gasteiger charge is -2.09. The zero-order valence-electron chi connectivity index (χ0n) is 11.9. The molecule has 0 unspecified atom stereocenters. The van der Waals surface area contributed by atoms with Crippen LogP contribution in [0.25, 0.3) is 0 Å². The maximum atomic E-state index is 11.8. The molecule has 1 amide bonds. The van der Waals surface area contributed by atoms with Crippen LogP contribution in [-0.2, 0) is 6.54 Å². The van der Waals surface area contributed by atoms with Gasteiger partial charge in [-0.25, -0.2) is 0 Å². The molecule has 0 aliphatic carbocycles. The number of hydrogen-bond donors (Lipinski definition) is 2. The first kappa shape index (κ1) is 14.6. The first-order valence-electron chi connectivity index (χ1n) is 6.84. The molecule has 0 saturated heterocycles. The fraction of sp³-hybridized carbons (Fsp3) is 0.176. The molecular formula is C17H17N3O. The molecule has 2 aromatic rings. The normalized spacial score (nSPS) is 9.71. The lowest BCUT2D eigenvalue weighted by Crippen LogP contribution is -2.22. The number of carbonyl (C=O) groups is 1. The van der Waals surface area contributed by atoms with Crippen LogP contribution in [0.2, 0.25) is 0 Å². The average molecular weight is 279 g/mol. The Hall–Kier alpha value is -2.80. The van der Waals surface area contributed by atoms with Crippen LogP contribution in [0.1, 0.15) is 28.4 Å². The first-order chi connectivity index (χ1) is 10.2. The second-order valence-corrected chi connectivity index (χ2v) is 4.56. The summed E-state index contributed by atoms with van der Waals surface area (Å²) in [6, 6.07) is 17.0. The molecule has 0 aliphatic heterocycles. The molecule has 0 radical (unpaired) electrons. The van der Waals surface area contributed by atoms with E-state index >= 15 is 0 Å². The molecule has 0 spiro atoms. The zero-order valence-corrected chi connectivity index (χ0v) is 11.9. The highest BCUT2D eigenvalue weighted by molar-refractivity contribution is 5.95. The standard InChI is InChI=1S/C17H17N3O/c1-2-19-17(21)13-8-5-9-16(10-13)20-12-15-7-4-3-6-14(15)11-18/h3-10,20H,2,12H2,1H3,(H,19,21). The summed E-state index contributed by atoms with van der Waals surface area (Å²) in [5.41, 5.74) is 3.07. The largest absolute Gasteiger partial charge is 0.381 e. The van der Waals surface area contributed by atoms with Crippen molar-refractivity contribution in [1.29, 1.82) is 5.26 Å². The van der Waals surface area contributed by atoms with Gasteiger partial charge in [0.05, 0.1) is 11.6 Å². The van der Waals surface area contributed by atoms with Crippen LogP contribution in [0.3, 0.4) is 0 Å². The van der Waals surface area contributed by atoms with Crippen LogP contribution in [0.15, 0.2) is 48.5 Å². The number of anilines is 1. The van der Waals surface area contributed by atoms with Gasteiger partial charge in [-0.3, -0.25) is 4.79 Å². The molecule has 2 N–H and O–H groups in total. The minimum absolute atomic E-state index is 0.0847. The van der Waals surface area contributed by atoms with Gasteiger partial charge in [-0.15, -0.1) is 0 Å². The Kier molecular flexibility index (Phi) is 4.94. The maximum Gasteiger partial charge on any atom is 0.251 e. The van der Waals surface area contributed by atoms with Crippen molar-refractivity contribution in [2.24, 2.45) is 0 Å². The van der Waals surface area contributed by atoms with Crippen molar-refractivity contribution in [2.45, 2.75) is 13.5 Å². The van der Waals surface area contributed by atoms with Crippen molar-refractivity contribution in [3.8, 4) is 6.07 Å².